The molecule has 1 unspecified atom stereocenters. The molecule has 0 heterocycles. The van der Waals surface area contributed by atoms with Crippen molar-refractivity contribution in [1.29, 1.82) is 0 Å². The van der Waals surface area contributed by atoms with Crippen molar-refractivity contribution >= 4 is 5.91 Å². The van der Waals surface area contributed by atoms with E-state index >= 15 is 0 Å². The summed E-state index contributed by atoms with van der Waals surface area (Å²) in [7, 11) is 0. The van der Waals surface area contributed by atoms with Crippen molar-refractivity contribution in [3.05, 3.63) is 30.1 Å². The Balaban J connectivity index is 2.54. The summed E-state index contributed by atoms with van der Waals surface area (Å²) in [5, 5.41) is 11.6. The lowest BCUT2D eigenvalue weighted by Crippen LogP contribution is -2.43. The van der Waals surface area contributed by atoms with Crippen LogP contribution in [0.25, 0.3) is 0 Å². The third-order valence-electron chi connectivity index (χ3n) is 2.54. The van der Waals surface area contributed by atoms with E-state index in [1.165, 1.54) is 18.2 Å². The largest absolute Gasteiger partial charge is 0.481 e. The van der Waals surface area contributed by atoms with Crippen molar-refractivity contribution in [3.8, 4) is 5.75 Å². The Kier molecular flexibility index (Phi) is 5.58. The zero-order valence-electron chi connectivity index (χ0n) is 10.5. The van der Waals surface area contributed by atoms with E-state index < -0.39 is 11.9 Å². The average molecular weight is 255 g/mol. The minimum absolute atomic E-state index is 0.116. The molecule has 0 spiro atoms. The predicted molar refractivity (Wildman–Crippen MR) is 65.8 cm³/mol. The van der Waals surface area contributed by atoms with Crippen molar-refractivity contribution < 1.29 is 19.0 Å². The van der Waals surface area contributed by atoms with Crippen LogP contribution in [-0.2, 0) is 4.79 Å². The fraction of sp³-hybridized carbons (Fsp3) is 0.462. The Bertz CT molecular complexity index is 394. The summed E-state index contributed by atoms with van der Waals surface area (Å²) >= 11 is 0. The van der Waals surface area contributed by atoms with Gasteiger partial charge in [0, 0.05) is 6.07 Å². The van der Waals surface area contributed by atoms with Crippen LogP contribution in [0.2, 0.25) is 0 Å². The van der Waals surface area contributed by atoms with Gasteiger partial charge in [-0.15, -0.1) is 0 Å². The minimum atomic E-state index is -0.743. The number of ether oxygens (including phenoxy) is 1. The van der Waals surface area contributed by atoms with Gasteiger partial charge in [-0.1, -0.05) is 13.0 Å². The molecular formula is C13H18FNO3. The van der Waals surface area contributed by atoms with E-state index in [1.807, 2.05) is 6.92 Å². The highest BCUT2D eigenvalue weighted by Crippen LogP contribution is 2.13. The summed E-state index contributed by atoms with van der Waals surface area (Å²) < 4.78 is 18.2. The lowest BCUT2D eigenvalue weighted by atomic mass is 10.2. The minimum Gasteiger partial charge on any atom is -0.481 e. The Morgan fingerprint density at radius 1 is 1.56 bits per heavy atom. The number of amides is 1. The summed E-state index contributed by atoms with van der Waals surface area (Å²) in [6, 6.07) is 5.33. The van der Waals surface area contributed by atoms with E-state index in [0.717, 1.165) is 0 Å². The highest BCUT2D eigenvalue weighted by atomic mass is 19.1. The van der Waals surface area contributed by atoms with Crippen LogP contribution in [0, 0.1) is 5.82 Å². The molecule has 0 aliphatic rings. The molecule has 0 saturated carbocycles. The monoisotopic (exact) mass is 255 g/mol. The normalized spacial score (nSPS) is 13.8. The molecule has 5 heteroatoms. The Labute approximate surface area is 106 Å². The summed E-state index contributed by atoms with van der Waals surface area (Å²) in [6.07, 6.45) is -0.109. The van der Waals surface area contributed by atoms with Gasteiger partial charge >= 0.3 is 0 Å². The third-order valence-corrected chi connectivity index (χ3v) is 2.54. The van der Waals surface area contributed by atoms with Crippen LogP contribution >= 0.6 is 0 Å². The van der Waals surface area contributed by atoms with E-state index in [9.17, 15) is 9.18 Å². The molecule has 2 N–H and O–H groups in total. The summed E-state index contributed by atoms with van der Waals surface area (Å²) in [5.74, 6) is -0.447. The first-order chi connectivity index (χ1) is 8.56. The van der Waals surface area contributed by atoms with Crippen LogP contribution < -0.4 is 10.1 Å². The Hall–Kier alpha value is -1.62. The first kappa shape index (κ1) is 14.4. The van der Waals surface area contributed by atoms with Gasteiger partial charge in [-0.05, 0) is 25.5 Å². The van der Waals surface area contributed by atoms with E-state index in [-0.39, 0.29) is 18.6 Å². The number of carbonyl (C=O) groups is 1. The van der Waals surface area contributed by atoms with E-state index in [4.69, 9.17) is 9.84 Å². The average Bonchev–Trinajstić information content (AvgIpc) is 2.35. The Morgan fingerprint density at radius 2 is 2.28 bits per heavy atom. The quantitative estimate of drug-likeness (QED) is 0.809. The molecule has 1 amide bonds. The standard InChI is InChI=1S/C13H18FNO3/c1-3-11(8-16)15-13(17)9(2)18-12-6-4-5-10(14)7-12/h4-7,9,11,16H,3,8H2,1-2H3,(H,15,17)/t9?,11-/m1/s1. The van der Waals surface area contributed by atoms with Gasteiger partial charge < -0.3 is 15.2 Å². The second kappa shape index (κ2) is 6.96. The van der Waals surface area contributed by atoms with Crippen LogP contribution in [0.3, 0.4) is 0 Å². The van der Waals surface area contributed by atoms with Crippen LogP contribution in [0.15, 0.2) is 24.3 Å². The van der Waals surface area contributed by atoms with E-state index in [0.29, 0.717) is 12.2 Å². The number of hydrogen-bond acceptors (Lipinski definition) is 3. The maximum absolute atomic E-state index is 12.9. The molecule has 1 aromatic carbocycles. The molecule has 0 aliphatic heterocycles. The van der Waals surface area contributed by atoms with Gasteiger partial charge in [0.1, 0.15) is 11.6 Å². The van der Waals surface area contributed by atoms with Crippen molar-refractivity contribution in [1.82, 2.24) is 5.32 Å². The summed E-state index contributed by atoms with van der Waals surface area (Å²) in [5.41, 5.74) is 0. The topological polar surface area (TPSA) is 58.6 Å². The highest BCUT2D eigenvalue weighted by molar-refractivity contribution is 5.81. The molecule has 100 valence electrons. The zero-order valence-corrected chi connectivity index (χ0v) is 10.5. The SMILES string of the molecule is CC[C@H](CO)NC(=O)C(C)Oc1cccc(F)c1. The van der Waals surface area contributed by atoms with Crippen LogP contribution in [0.1, 0.15) is 20.3 Å². The fourth-order valence-electron chi connectivity index (χ4n) is 1.39. The first-order valence-corrected chi connectivity index (χ1v) is 5.90. The number of benzene rings is 1. The molecule has 4 nitrogen and oxygen atoms in total. The second-order valence-electron chi connectivity index (χ2n) is 4.01. The number of nitrogens with one attached hydrogen (secondary N) is 1. The van der Waals surface area contributed by atoms with Gasteiger partial charge in [0.25, 0.3) is 5.91 Å². The maximum atomic E-state index is 12.9. The Morgan fingerprint density at radius 3 is 2.83 bits per heavy atom. The molecule has 0 aromatic heterocycles. The van der Waals surface area contributed by atoms with Crippen LogP contribution in [0.4, 0.5) is 4.39 Å². The van der Waals surface area contributed by atoms with Crippen LogP contribution in [0.5, 0.6) is 5.75 Å². The van der Waals surface area contributed by atoms with Gasteiger partial charge in [0.05, 0.1) is 12.6 Å². The van der Waals surface area contributed by atoms with E-state index in [1.54, 1.807) is 13.0 Å². The molecule has 18 heavy (non-hydrogen) atoms. The zero-order chi connectivity index (χ0) is 13.5. The molecule has 1 aromatic rings. The fourth-order valence-corrected chi connectivity index (χ4v) is 1.39. The molecule has 0 aliphatic carbocycles. The van der Waals surface area contributed by atoms with Gasteiger partial charge in [0.15, 0.2) is 6.10 Å². The van der Waals surface area contributed by atoms with Gasteiger partial charge in [0.2, 0.25) is 0 Å². The number of hydrogen-bond donors (Lipinski definition) is 2. The molecule has 0 radical (unpaired) electrons. The van der Waals surface area contributed by atoms with Crippen molar-refractivity contribution in [2.45, 2.75) is 32.4 Å². The lowest BCUT2D eigenvalue weighted by Gasteiger charge is -2.19. The number of halogens is 1. The molecule has 0 saturated heterocycles. The molecule has 1 rings (SSSR count). The third kappa shape index (κ3) is 4.33. The lowest BCUT2D eigenvalue weighted by molar-refractivity contribution is -0.128. The van der Waals surface area contributed by atoms with Gasteiger partial charge in [-0.2, -0.15) is 0 Å². The number of carbonyl (C=O) groups excluding carboxylic acids is 1. The van der Waals surface area contributed by atoms with Gasteiger partial charge in [-0.25, -0.2) is 4.39 Å². The number of rotatable bonds is 6. The van der Waals surface area contributed by atoms with Crippen molar-refractivity contribution in [3.63, 3.8) is 0 Å². The molecular weight excluding hydrogens is 237 g/mol. The first-order valence-electron chi connectivity index (χ1n) is 5.90. The maximum Gasteiger partial charge on any atom is 0.261 e. The smallest absolute Gasteiger partial charge is 0.261 e. The summed E-state index contributed by atoms with van der Waals surface area (Å²) in [4.78, 5) is 11.7. The molecule has 2 atom stereocenters. The van der Waals surface area contributed by atoms with Gasteiger partial charge in [-0.3, -0.25) is 4.79 Å². The van der Waals surface area contributed by atoms with Crippen molar-refractivity contribution in [2.24, 2.45) is 0 Å². The number of aliphatic hydroxyl groups excluding tert-OH is 1. The number of aliphatic hydroxyl groups is 1. The van der Waals surface area contributed by atoms with E-state index in [2.05, 4.69) is 5.32 Å². The molecule has 0 fully saturated rings. The summed E-state index contributed by atoms with van der Waals surface area (Å²) in [6.45, 7) is 3.32. The second-order valence-corrected chi connectivity index (χ2v) is 4.01. The van der Waals surface area contributed by atoms with Crippen molar-refractivity contribution in [2.75, 3.05) is 6.61 Å². The molecule has 0 bridgehead atoms. The predicted octanol–water partition coefficient (Wildman–Crippen LogP) is 1.48. The highest BCUT2D eigenvalue weighted by Gasteiger charge is 2.17. The van der Waals surface area contributed by atoms with Crippen LogP contribution in [-0.4, -0.2) is 29.8 Å².